The molecule has 1 aliphatic rings. The molecule has 0 aromatic carbocycles. The molecule has 22 heavy (non-hydrogen) atoms. The Balaban J connectivity index is 2.45. The summed E-state index contributed by atoms with van der Waals surface area (Å²) in [6, 6.07) is 0.382. The molecule has 2 amide bonds. The van der Waals surface area contributed by atoms with Gasteiger partial charge in [-0.05, 0) is 19.3 Å². The van der Waals surface area contributed by atoms with Crippen LogP contribution in [0.1, 0.15) is 45.4 Å². The van der Waals surface area contributed by atoms with E-state index in [0.29, 0.717) is 19.1 Å². The molecular weight excluding hydrogens is 282 g/mol. The first-order valence-electron chi connectivity index (χ1n) is 8.44. The van der Waals surface area contributed by atoms with Gasteiger partial charge in [0.2, 0.25) is 11.8 Å². The van der Waals surface area contributed by atoms with Crippen molar-refractivity contribution in [1.29, 1.82) is 0 Å². The van der Waals surface area contributed by atoms with E-state index in [9.17, 15) is 14.7 Å². The van der Waals surface area contributed by atoms with Gasteiger partial charge in [-0.3, -0.25) is 14.5 Å². The van der Waals surface area contributed by atoms with Gasteiger partial charge in [-0.2, -0.15) is 0 Å². The fraction of sp³-hybridized carbons (Fsp3) is 0.875. The van der Waals surface area contributed by atoms with Crippen LogP contribution in [0.15, 0.2) is 0 Å². The molecule has 0 heterocycles. The van der Waals surface area contributed by atoms with Crippen molar-refractivity contribution in [3.63, 3.8) is 0 Å². The Kier molecular flexibility index (Phi) is 9.08. The van der Waals surface area contributed by atoms with Gasteiger partial charge in [-0.1, -0.05) is 26.2 Å². The second kappa shape index (κ2) is 10.6. The first-order chi connectivity index (χ1) is 10.6. The van der Waals surface area contributed by atoms with Crippen LogP contribution in [0.2, 0.25) is 0 Å². The second-order valence-corrected chi connectivity index (χ2v) is 6.09. The lowest BCUT2D eigenvalue weighted by Gasteiger charge is -2.34. The molecule has 0 saturated heterocycles. The third-order valence-corrected chi connectivity index (χ3v) is 4.20. The topological polar surface area (TPSA) is 72.9 Å². The lowest BCUT2D eigenvalue weighted by atomic mass is 9.94. The molecule has 0 aromatic rings. The van der Waals surface area contributed by atoms with Gasteiger partial charge in [0.1, 0.15) is 0 Å². The van der Waals surface area contributed by atoms with Crippen LogP contribution in [0, 0.1) is 0 Å². The van der Waals surface area contributed by atoms with Crippen molar-refractivity contribution in [3.8, 4) is 0 Å². The van der Waals surface area contributed by atoms with Crippen molar-refractivity contribution in [1.82, 2.24) is 15.1 Å². The number of amides is 2. The molecule has 0 bridgehead atoms. The zero-order valence-electron chi connectivity index (χ0n) is 14.0. The van der Waals surface area contributed by atoms with Crippen molar-refractivity contribution < 1.29 is 14.7 Å². The van der Waals surface area contributed by atoms with Crippen LogP contribution in [-0.4, -0.2) is 72.6 Å². The van der Waals surface area contributed by atoms with E-state index >= 15 is 0 Å². The lowest BCUT2D eigenvalue weighted by Crippen LogP contribution is -2.47. The molecule has 2 N–H and O–H groups in total. The van der Waals surface area contributed by atoms with E-state index in [-0.39, 0.29) is 31.5 Å². The van der Waals surface area contributed by atoms with Crippen LogP contribution in [0.25, 0.3) is 0 Å². The fourth-order valence-electron chi connectivity index (χ4n) is 2.88. The highest BCUT2D eigenvalue weighted by molar-refractivity contribution is 5.85. The normalized spacial score (nSPS) is 15.8. The molecule has 1 rings (SSSR count). The Hall–Kier alpha value is -1.14. The number of hydrogen-bond acceptors (Lipinski definition) is 4. The third kappa shape index (κ3) is 6.75. The average molecular weight is 313 g/mol. The van der Waals surface area contributed by atoms with Gasteiger partial charge in [-0.25, -0.2) is 0 Å². The Morgan fingerprint density at radius 1 is 1.18 bits per heavy atom. The molecule has 1 saturated carbocycles. The highest BCUT2D eigenvalue weighted by Crippen LogP contribution is 2.22. The molecule has 0 spiro atoms. The van der Waals surface area contributed by atoms with E-state index in [1.807, 2.05) is 6.92 Å². The van der Waals surface area contributed by atoms with Crippen LogP contribution in [0.4, 0.5) is 0 Å². The maximum Gasteiger partial charge on any atom is 0.239 e. The SMILES string of the molecule is CCCNC(=O)CN(C)C(=O)CN(CCO)C1CCCCC1. The summed E-state index contributed by atoms with van der Waals surface area (Å²) in [6.07, 6.45) is 6.71. The van der Waals surface area contributed by atoms with E-state index in [0.717, 1.165) is 19.3 Å². The molecule has 6 nitrogen and oxygen atoms in total. The standard InChI is InChI=1S/C16H31N3O3/c1-3-9-17-15(21)12-18(2)16(22)13-19(10-11-20)14-7-5-4-6-8-14/h14,20H,3-13H2,1-2H3,(H,17,21). The number of hydrogen-bond donors (Lipinski definition) is 2. The molecule has 0 aliphatic heterocycles. The summed E-state index contributed by atoms with van der Waals surface area (Å²) >= 11 is 0. The zero-order chi connectivity index (χ0) is 16.4. The first kappa shape index (κ1) is 18.9. The zero-order valence-corrected chi connectivity index (χ0v) is 14.0. The summed E-state index contributed by atoms with van der Waals surface area (Å²) in [4.78, 5) is 27.5. The molecule has 0 atom stereocenters. The number of rotatable bonds is 9. The summed E-state index contributed by atoms with van der Waals surface area (Å²) in [5.41, 5.74) is 0. The van der Waals surface area contributed by atoms with Crippen molar-refractivity contribution in [2.45, 2.75) is 51.5 Å². The summed E-state index contributed by atoms with van der Waals surface area (Å²) in [5.74, 6) is -0.185. The van der Waals surface area contributed by atoms with Gasteiger partial charge in [0.05, 0.1) is 19.7 Å². The summed E-state index contributed by atoms with van der Waals surface area (Å²) < 4.78 is 0. The Bertz CT molecular complexity index is 344. The third-order valence-electron chi connectivity index (χ3n) is 4.20. The highest BCUT2D eigenvalue weighted by Gasteiger charge is 2.24. The van der Waals surface area contributed by atoms with E-state index < -0.39 is 0 Å². The van der Waals surface area contributed by atoms with Gasteiger partial charge in [0.25, 0.3) is 0 Å². The number of nitrogens with zero attached hydrogens (tertiary/aromatic N) is 2. The van der Waals surface area contributed by atoms with Crippen LogP contribution in [-0.2, 0) is 9.59 Å². The van der Waals surface area contributed by atoms with Crippen molar-refractivity contribution >= 4 is 11.8 Å². The number of carbonyl (C=O) groups is 2. The number of carbonyl (C=O) groups excluding carboxylic acids is 2. The molecule has 6 heteroatoms. The minimum absolute atomic E-state index is 0.0600. The molecule has 1 aliphatic carbocycles. The average Bonchev–Trinajstić information content (AvgIpc) is 2.53. The van der Waals surface area contributed by atoms with Gasteiger partial charge < -0.3 is 15.3 Å². The maximum absolute atomic E-state index is 12.3. The Morgan fingerprint density at radius 2 is 1.86 bits per heavy atom. The Morgan fingerprint density at radius 3 is 2.45 bits per heavy atom. The minimum Gasteiger partial charge on any atom is -0.395 e. The molecule has 0 unspecified atom stereocenters. The van der Waals surface area contributed by atoms with Gasteiger partial charge in [0.15, 0.2) is 0 Å². The summed E-state index contributed by atoms with van der Waals surface area (Å²) in [5, 5.41) is 12.0. The lowest BCUT2D eigenvalue weighted by molar-refractivity contribution is -0.136. The van der Waals surface area contributed by atoms with Crippen molar-refractivity contribution in [2.24, 2.45) is 0 Å². The van der Waals surface area contributed by atoms with E-state index in [2.05, 4.69) is 10.2 Å². The minimum atomic E-state index is -0.121. The number of aliphatic hydroxyl groups excluding tert-OH is 1. The van der Waals surface area contributed by atoms with Gasteiger partial charge >= 0.3 is 0 Å². The van der Waals surface area contributed by atoms with Gasteiger partial charge in [-0.15, -0.1) is 0 Å². The summed E-state index contributed by atoms with van der Waals surface area (Å²) in [6.45, 7) is 3.58. The number of nitrogens with one attached hydrogen (secondary N) is 1. The van der Waals surface area contributed by atoms with Crippen LogP contribution < -0.4 is 5.32 Å². The molecule has 1 fully saturated rings. The van der Waals surface area contributed by atoms with Crippen molar-refractivity contribution in [3.05, 3.63) is 0 Å². The van der Waals surface area contributed by atoms with Crippen LogP contribution >= 0.6 is 0 Å². The molecular formula is C16H31N3O3. The first-order valence-corrected chi connectivity index (χ1v) is 8.44. The summed E-state index contributed by atoms with van der Waals surface area (Å²) in [7, 11) is 1.66. The van der Waals surface area contributed by atoms with E-state index in [1.165, 1.54) is 24.2 Å². The molecule has 0 aromatic heterocycles. The number of aliphatic hydroxyl groups is 1. The molecule has 0 radical (unpaired) electrons. The fourth-order valence-corrected chi connectivity index (χ4v) is 2.88. The smallest absolute Gasteiger partial charge is 0.239 e. The predicted molar refractivity (Wildman–Crippen MR) is 86.5 cm³/mol. The van der Waals surface area contributed by atoms with Crippen molar-refractivity contribution in [2.75, 3.05) is 39.8 Å². The second-order valence-electron chi connectivity index (χ2n) is 6.09. The largest absolute Gasteiger partial charge is 0.395 e. The number of likely N-dealkylation sites (N-methyl/N-ethyl adjacent to an activating group) is 1. The van der Waals surface area contributed by atoms with Crippen LogP contribution in [0.3, 0.4) is 0 Å². The molecule has 128 valence electrons. The quantitative estimate of drug-likeness (QED) is 0.654. The predicted octanol–water partition coefficient (Wildman–Crippen LogP) is 0.598. The maximum atomic E-state index is 12.3. The van der Waals surface area contributed by atoms with E-state index in [4.69, 9.17) is 0 Å². The monoisotopic (exact) mass is 313 g/mol. The van der Waals surface area contributed by atoms with E-state index in [1.54, 1.807) is 7.05 Å². The van der Waals surface area contributed by atoms with Gasteiger partial charge in [0, 0.05) is 26.2 Å². The van der Waals surface area contributed by atoms with Crippen LogP contribution in [0.5, 0.6) is 0 Å². The highest BCUT2D eigenvalue weighted by atomic mass is 16.3. The Labute approximate surface area is 133 Å².